The lowest BCUT2D eigenvalue weighted by molar-refractivity contribution is -0.114. The molecule has 2 aromatic rings. The molecule has 0 radical (unpaired) electrons. The molecule has 0 amide bonds. The van der Waals surface area contributed by atoms with Gasteiger partial charge in [-0.3, -0.25) is 4.79 Å². The number of rotatable bonds is 7. The van der Waals surface area contributed by atoms with Gasteiger partial charge >= 0.3 is 0 Å². The fraction of sp³-hybridized carbons (Fsp3) is 0.370. The molecule has 1 heterocycles. The van der Waals surface area contributed by atoms with Gasteiger partial charge in [0.25, 0.3) is 0 Å². The van der Waals surface area contributed by atoms with Crippen LogP contribution in [0.25, 0.3) is 0 Å². The number of fused-ring (bicyclic) bond motifs is 1. The molecule has 1 aliphatic rings. The summed E-state index contributed by atoms with van der Waals surface area (Å²) in [6.07, 6.45) is 3.11. The molecule has 176 valence electrons. The zero-order valence-electron chi connectivity index (χ0n) is 20.7. The second kappa shape index (κ2) is 8.92. The number of para-hydroxylation sites is 1. The van der Waals surface area contributed by atoms with E-state index in [1.807, 2.05) is 63.9 Å². The van der Waals surface area contributed by atoms with Crippen LogP contribution in [0.4, 0.5) is 5.69 Å². The van der Waals surface area contributed by atoms with Crippen LogP contribution in [0.2, 0.25) is 0 Å². The Labute approximate surface area is 198 Å². The maximum Gasteiger partial charge on any atom is 0.244 e. The summed E-state index contributed by atoms with van der Waals surface area (Å²) in [5.41, 5.74) is 5.94. The molecule has 0 aromatic heterocycles. The summed E-state index contributed by atoms with van der Waals surface area (Å²) in [5, 5.41) is 0. The minimum Gasteiger partial charge on any atom is -0.347 e. The molecule has 33 heavy (non-hydrogen) atoms. The maximum absolute atomic E-state index is 13.7. The number of anilines is 1. The van der Waals surface area contributed by atoms with Crippen LogP contribution in [-0.2, 0) is 20.2 Å². The van der Waals surface area contributed by atoms with E-state index >= 15 is 0 Å². The highest BCUT2D eigenvalue weighted by atomic mass is 32.2. The molecule has 2 aromatic carbocycles. The highest BCUT2D eigenvalue weighted by Gasteiger charge is 2.39. The number of ketones is 1. The van der Waals surface area contributed by atoms with E-state index in [0.29, 0.717) is 11.1 Å². The Bertz CT molecular complexity index is 1230. The summed E-state index contributed by atoms with van der Waals surface area (Å²) < 4.78 is 28.6. The molecule has 0 fully saturated rings. The second-order valence-corrected chi connectivity index (χ2v) is 11.2. The predicted octanol–water partition coefficient (Wildman–Crippen LogP) is 4.98. The smallest absolute Gasteiger partial charge is 0.244 e. The zero-order valence-corrected chi connectivity index (χ0v) is 21.5. The summed E-state index contributed by atoms with van der Waals surface area (Å²) in [7, 11) is -1.96. The first-order chi connectivity index (χ1) is 15.3. The number of allylic oxidation sites excluding steroid dienone is 1. The third-order valence-corrected chi connectivity index (χ3v) is 8.88. The van der Waals surface area contributed by atoms with E-state index in [1.165, 1.54) is 10.4 Å². The Morgan fingerprint density at radius 2 is 1.67 bits per heavy atom. The molecule has 1 aliphatic heterocycles. The maximum atomic E-state index is 13.7. The van der Waals surface area contributed by atoms with Crippen molar-refractivity contribution in [2.24, 2.45) is 0 Å². The van der Waals surface area contributed by atoms with Crippen molar-refractivity contribution in [3.05, 3.63) is 82.6 Å². The second-order valence-electron chi connectivity index (χ2n) is 9.37. The number of sulfonamides is 1. The average molecular weight is 467 g/mol. The number of nitrogens with zero attached hydrogens (tertiary/aromatic N) is 2. The van der Waals surface area contributed by atoms with Crippen LogP contribution < -0.4 is 4.90 Å². The van der Waals surface area contributed by atoms with Gasteiger partial charge in [0.05, 0.1) is 11.4 Å². The number of carbonyl (C=O) groups is 1. The first-order valence-electron chi connectivity index (χ1n) is 11.1. The highest BCUT2D eigenvalue weighted by Crippen LogP contribution is 2.46. The van der Waals surface area contributed by atoms with Crippen molar-refractivity contribution in [2.45, 2.75) is 51.9 Å². The lowest BCUT2D eigenvalue weighted by Gasteiger charge is -2.26. The SMILES string of the molecule is C=CCN(CC(=O)C=C1N(C)c2ccccc2C1(C)C)S(=O)(=O)c1c(C)c(C)cc(C)c1C. The summed E-state index contributed by atoms with van der Waals surface area (Å²) in [6, 6.07) is 10.1. The molecule has 0 unspecified atom stereocenters. The monoisotopic (exact) mass is 466 g/mol. The zero-order chi connectivity index (χ0) is 24.7. The van der Waals surface area contributed by atoms with Crippen LogP contribution in [0.15, 0.2) is 59.7 Å². The van der Waals surface area contributed by atoms with E-state index < -0.39 is 10.0 Å². The van der Waals surface area contributed by atoms with Crippen molar-refractivity contribution in [1.82, 2.24) is 4.31 Å². The number of hydrogen-bond donors (Lipinski definition) is 0. The molecular weight excluding hydrogens is 432 g/mol. The standard InChI is InChI=1S/C27H34N2O3S/c1-9-14-29(33(31,32)26-20(4)18(2)15-19(3)21(26)5)17-22(30)16-25-27(6,7)23-12-10-11-13-24(23)28(25)8/h9-13,15-16H,1,14,17H2,2-8H3. The number of benzene rings is 2. The number of likely N-dealkylation sites (N-methyl/N-ethyl adjacent to an activating group) is 1. The van der Waals surface area contributed by atoms with Crippen molar-refractivity contribution < 1.29 is 13.2 Å². The summed E-state index contributed by atoms with van der Waals surface area (Å²) >= 11 is 0. The molecule has 0 N–H and O–H groups in total. The lowest BCUT2D eigenvalue weighted by atomic mass is 9.83. The normalized spacial score (nSPS) is 16.4. The average Bonchev–Trinajstić information content (AvgIpc) is 2.93. The van der Waals surface area contributed by atoms with Crippen molar-refractivity contribution in [3.63, 3.8) is 0 Å². The molecule has 0 aliphatic carbocycles. The summed E-state index contributed by atoms with van der Waals surface area (Å²) in [4.78, 5) is 15.5. The number of carbonyl (C=O) groups excluding carboxylic acids is 1. The molecule has 6 heteroatoms. The molecular formula is C27H34N2O3S. The molecule has 0 saturated carbocycles. The fourth-order valence-corrected chi connectivity index (χ4v) is 6.67. The van der Waals surface area contributed by atoms with E-state index in [-0.39, 0.29) is 29.2 Å². The summed E-state index contributed by atoms with van der Waals surface area (Å²) in [6.45, 7) is 15.1. The van der Waals surface area contributed by atoms with Gasteiger partial charge in [-0.05, 0) is 61.6 Å². The van der Waals surface area contributed by atoms with Gasteiger partial charge in [-0.1, -0.05) is 44.2 Å². The third kappa shape index (κ3) is 4.30. The molecule has 3 rings (SSSR count). The van der Waals surface area contributed by atoms with Crippen LogP contribution in [0.1, 0.15) is 41.7 Å². The van der Waals surface area contributed by atoms with E-state index in [2.05, 4.69) is 26.5 Å². The molecule has 0 saturated heterocycles. The lowest BCUT2D eigenvalue weighted by Crippen LogP contribution is -2.37. The molecule has 0 atom stereocenters. The Hall–Kier alpha value is -2.70. The van der Waals surface area contributed by atoms with Crippen LogP contribution in [0.5, 0.6) is 0 Å². The van der Waals surface area contributed by atoms with Crippen LogP contribution in [0, 0.1) is 27.7 Å². The van der Waals surface area contributed by atoms with Gasteiger partial charge < -0.3 is 4.90 Å². The molecule has 5 nitrogen and oxygen atoms in total. The first kappa shape index (κ1) is 24.9. The van der Waals surface area contributed by atoms with Crippen molar-refractivity contribution in [1.29, 1.82) is 0 Å². The van der Waals surface area contributed by atoms with Gasteiger partial charge in [0.15, 0.2) is 5.78 Å². The Kier molecular flexibility index (Phi) is 6.74. The van der Waals surface area contributed by atoms with Crippen molar-refractivity contribution in [3.8, 4) is 0 Å². The van der Waals surface area contributed by atoms with Crippen LogP contribution in [-0.4, -0.2) is 38.6 Å². The van der Waals surface area contributed by atoms with Crippen molar-refractivity contribution in [2.75, 3.05) is 25.0 Å². The fourth-order valence-electron chi connectivity index (χ4n) is 4.72. The Balaban J connectivity index is 1.99. The van der Waals surface area contributed by atoms with Gasteiger partial charge in [-0.2, -0.15) is 4.31 Å². The van der Waals surface area contributed by atoms with Gasteiger partial charge in [0.2, 0.25) is 10.0 Å². The third-order valence-electron chi connectivity index (χ3n) is 6.80. The molecule has 0 spiro atoms. The van der Waals surface area contributed by atoms with Crippen LogP contribution in [0.3, 0.4) is 0 Å². The quantitative estimate of drug-likeness (QED) is 0.427. The minimum atomic E-state index is -3.90. The van der Waals surface area contributed by atoms with Crippen molar-refractivity contribution >= 4 is 21.5 Å². The minimum absolute atomic E-state index is 0.0581. The van der Waals surface area contributed by atoms with Crippen LogP contribution >= 0.6 is 0 Å². The van der Waals surface area contributed by atoms with Gasteiger partial charge in [-0.25, -0.2) is 8.42 Å². The predicted molar refractivity (Wildman–Crippen MR) is 135 cm³/mol. The number of hydrogen-bond acceptors (Lipinski definition) is 4. The van der Waals surface area contributed by atoms with Gasteiger partial charge in [0.1, 0.15) is 0 Å². The Morgan fingerprint density at radius 3 is 2.21 bits per heavy atom. The van der Waals surface area contributed by atoms with E-state index in [4.69, 9.17) is 0 Å². The Morgan fingerprint density at radius 1 is 1.09 bits per heavy atom. The largest absolute Gasteiger partial charge is 0.347 e. The molecule has 0 bridgehead atoms. The van der Waals surface area contributed by atoms with Gasteiger partial charge in [0, 0.05) is 36.5 Å². The van der Waals surface area contributed by atoms with E-state index in [9.17, 15) is 13.2 Å². The van der Waals surface area contributed by atoms with E-state index in [0.717, 1.165) is 28.1 Å². The number of aryl methyl sites for hydroxylation is 2. The van der Waals surface area contributed by atoms with Gasteiger partial charge in [-0.15, -0.1) is 6.58 Å². The first-order valence-corrected chi connectivity index (χ1v) is 12.5. The van der Waals surface area contributed by atoms with E-state index in [1.54, 1.807) is 6.08 Å². The topological polar surface area (TPSA) is 57.7 Å². The summed E-state index contributed by atoms with van der Waals surface area (Å²) in [5.74, 6) is -0.261. The highest BCUT2D eigenvalue weighted by molar-refractivity contribution is 7.89.